The lowest BCUT2D eigenvalue weighted by molar-refractivity contribution is -0.383. The zero-order valence-corrected chi connectivity index (χ0v) is 15.2. The van der Waals surface area contributed by atoms with E-state index in [4.69, 9.17) is 16.3 Å². The van der Waals surface area contributed by atoms with Gasteiger partial charge in [-0.25, -0.2) is 4.79 Å². The number of anilines is 2. The summed E-state index contributed by atoms with van der Waals surface area (Å²) >= 11 is 5.93. The van der Waals surface area contributed by atoms with Crippen LogP contribution in [0.5, 0.6) is 5.75 Å². The number of carbonyl (C=O) groups is 1. The van der Waals surface area contributed by atoms with E-state index in [1.165, 1.54) is 6.07 Å². The minimum atomic E-state index is -1.36. The first-order valence-electron chi connectivity index (χ1n) is 8.19. The Hall–Kier alpha value is -3.58. The van der Waals surface area contributed by atoms with E-state index >= 15 is 0 Å². The summed E-state index contributed by atoms with van der Waals surface area (Å²) in [5, 5.41) is 23.4. The number of aromatic carboxylic acids is 1. The van der Waals surface area contributed by atoms with E-state index in [0.29, 0.717) is 18.0 Å². The molecule has 3 aromatic rings. The summed E-state index contributed by atoms with van der Waals surface area (Å²) in [7, 11) is 0. The van der Waals surface area contributed by atoms with Crippen molar-refractivity contribution in [2.45, 2.75) is 6.61 Å². The number of ether oxygens (including phenoxy) is 1. The van der Waals surface area contributed by atoms with Crippen LogP contribution in [0.2, 0.25) is 5.02 Å². The summed E-state index contributed by atoms with van der Waals surface area (Å²) in [6.07, 6.45) is 0. The van der Waals surface area contributed by atoms with E-state index in [0.717, 1.165) is 11.6 Å². The number of hydrogen-bond donors (Lipinski definition) is 2. The van der Waals surface area contributed by atoms with Crippen molar-refractivity contribution in [1.82, 2.24) is 0 Å². The molecule has 0 saturated carbocycles. The van der Waals surface area contributed by atoms with E-state index in [9.17, 15) is 20.0 Å². The second-order valence-electron chi connectivity index (χ2n) is 5.80. The van der Waals surface area contributed by atoms with Crippen LogP contribution < -0.4 is 10.1 Å². The first-order valence-corrected chi connectivity index (χ1v) is 8.57. The summed E-state index contributed by atoms with van der Waals surface area (Å²) in [5.41, 5.74) is 0.555. The molecule has 3 aromatic carbocycles. The van der Waals surface area contributed by atoms with Crippen molar-refractivity contribution in [2.24, 2.45) is 0 Å². The molecule has 2 N–H and O–H groups in total. The van der Waals surface area contributed by atoms with Crippen LogP contribution in [0, 0.1) is 10.1 Å². The van der Waals surface area contributed by atoms with Gasteiger partial charge in [-0.1, -0.05) is 41.9 Å². The van der Waals surface area contributed by atoms with Gasteiger partial charge in [-0.3, -0.25) is 10.1 Å². The Morgan fingerprint density at radius 2 is 1.75 bits per heavy atom. The Morgan fingerprint density at radius 1 is 1.07 bits per heavy atom. The average molecular weight is 399 g/mol. The zero-order chi connectivity index (χ0) is 20.1. The highest BCUT2D eigenvalue weighted by Gasteiger charge is 2.24. The summed E-state index contributed by atoms with van der Waals surface area (Å²) in [6, 6.07) is 18.6. The van der Waals surface area contributed by atoms with E-state index in [1.54, 1.807) is 24.3 Å². The molecule has 0 atom stereocenters. The van der Waals surface area contributed by atoms with Crippen LogP contribution in [0.1, 0.15) is 15.9 Å². The Morgan fingerprint density at radius 3 is 2.36 bits per heavy atom. The Labute approximate surface area is 165 Å². The fraction of sp³-hybridized carbons (Fsp3) is 0.0500. The van der Waals surface area contributed by atoms with Gasteiger partial charge in [0.2, 0.25) is 0 Å². The molecule has 0 fully saturated rings. The van der Waals surface area contributed by atoms with E-state index in [2.05, 4.69) is 5.32 Å². The van der Waals surface area contributed by atoms with Crippen LogP contribution in [0.4, 0.5) is 17.1 Å². The van der Waals surface area contributed by atoms with Crippen molar-refractivity contribution in [3.63, 3.8) is 0 Å². The van der Waals surface area contributed by atoms with Crippen molar-refractivity contribution >= 4 is 34.6 Å². The Kier molecular flexibility index (Phi) is 5.76. The number of nitro groups is 1. The second-order valence-corrected chi connectivity index (χ2v) is 6.21. The largest absolute Gasteiger partial charge is 0.489 e. The average Bonchev–Trinajstić information content (AvgIpc) is 2.68. The summed E-state index contributed by atoms with van der Waals surface area (Å²) in [4.78, 5) is 22.1. The van der Waals surface area contributed by atoms with E-state index in [1.807, 2.05) is 30.3 Å². The highest BCUT2D eigenvalue weighted by Crippen LogP contribution is 2.36. The lowest BCUT2D eigenvalue weighted by atomic mass is 10.1. The molecule has 0 amide bonds. The van der Waals surface area contributed by atoms with Crippen molar-refractivity contribution in [3.8, 4) is 5.75 Å². The standard InChI is InChI=1S/C20H15ClN2O5/c21-16-10-11-17(23(26)27)19(18(16)20(24)25)22-14-6-8-15(9-7-14)28-12-13-4-2-1-3-5-13/h1-11,22H,12H2,(H,24,25). The van der Waals surface area contributed by atoms with Crippen LogP contribution >= 0.6 is 11.6 Å². The number of nitrogens with one attached hydrogen (secondary N) is 1. The Balaban J connectivity index is 1.81. The van der Waals surface area contributed by atoms with Gasteiger partial charge in [-0.05, 0) is 35.9 Å². The number of benzene rings is 3. The molecule has 3 rings (SSSR count). The minimum Gasteiger partial charge on any atom is -0.489 e. The summed E-state index contributed by atoms with van der Waals surface area (Å²) in [5.74, 6) is -0.757. The van der Waals surface area contributed by atoms with Gasteiger partial charge in [0.15, 0.2) is 0 Å². The lowest BCUT2D eigenvalue weighted by Gasteiger charge is -2.12. The van der Waals surface area contributed by atoms with E-state index < -0.39 is 10.9 Å². The van der Waals surface area contributed by atoms with Gasteiger partial charge in [-0.15, -0.1) is 0 Å². The summed E-state index contributed by atoms with van der Waals surface area (Å²) < 4.78 is 5.69. The molecule has 0 bridgehead atoms. The van der Waals surface area contributed by atoms with Crippen LogP contribution in [-0.2, 0) is 6.61 Å². The molecule has 0 aromatic heterocycles. The van der Waals surface area contributed by atoms with Crippen LogP contribution in [0.15, 0.2) is 66.7 Å². The highest BCUT2D eigenvalue weighted by molar-refractivity contribution is 6.34. The van der Waals surface area contributed by atoms with Crippen LogP contribution in [-0.4, -0.2) is 16.0 Å². The molecule has 0 heterocycles. The van der Waals surface area contributed by atoms with Crippen LogP contribution in [0.3, 0.4) is 0 Å². The van der Waals surface area contributed by atoms with Crippen molar-refractivity contribution in [1.29, 1.82) is 0 Å². The van der Waals surface area contributed by atoms with Gasteiger partial charge in [0.25, 0.3) is 5.69 Å². The van der Waals surface area contributed by atoms with Gasteiger partial charge in [0.05, 0.1) is 9.95 Å². The number of nitro benzene ring substituents is 1. The smallest absolute Gasteiger partial charge is 0.339 e. The SMILES string of the molecule is O=C(O)c1c(Cl)ccc([N+](=O)[O-])c1Nc1ccc(OCc2ccccc2)cc1. The highest BCUT2D eigenvalue weighted by atomic mass is 35.5. The third-order valence-corrected chi connectivity index (χ3v) is 4.23. The van der Waals surface area contributed by atoms with E-state index in [-0.39, 0.29) is 22.0 Å². The van der Waals surface area contributed by atoms with Crippen molar-refractivity contribution in [3.05, 3.63) is 93.0 Å². The van der Waals surface area contributed by atoms with Crippen molar-refractivity contribution < 1.29 is 19.6 Å². The molecule has 8 heteroatoms. The number of carboxylic acid groups (broad SMARTS) is 1. The molecule has 0 radical (unpaired) electrons. The molecular formula is C20H15ClN2O5. The Bertz CT molecular complexity index is 1010. The van der Waals surface area contributed by atoms with Gasteiger partial charge >= 0.3 is 5.97 Å². The molecule has 0 aliphatic rings. The maximum atomic E-state index is 11.5. The normalized spacial score (nSPS) is 10.3. The minimum absolute atomic E-state index is 0.0941. The fourth-order valence-corrected chi connectivity index (χ4v) is 2.81. The molecular weight excluding hydrogens is 384 g/mol. The predicted molar refractivity (Wildman–Crippen MR) is 106 cm³/mol. The molecule has 28 heavy (non-hydrogen) atoms. The second kappa shape index (κ2) is 8.41. The third-order valence-electron chi connectivity index (χ3n) is 3.92. The van der Waals surface area contributed by atoms with Gasteiger partial charge in [0, 0.05) is 11.8 Å². The fourth-order valence-electron chi connectivity index (χ4n) is 2.57. The number of carboxylic acids is 1. The van der Waals surface area contributed by atoms with Gasteiger partial charge in [0.1, 0.15) is 23.6 Å². The lowest BCUT2D eigenvalue weighted by Crippen LogP contribution is -2.07. The molecule has 0 saturated heterocycles. The van der Waals surface area contributed by atoms with Crippen LogP contribution in [0.25, 0.3) is 0 Å². The quantitative estimate of drug-likeness (QED) is 0.415. The maximum absolute atomic E-state index is 11.5. The predicted octanol–water partition coefficient (Wildman–Crippen LogP) is 5.27. The number of hydrogen-bond acceptors (Lipinski definition) is 5. The van der Waals surface area contributed by atoms with Gasteiger partial charge in [-0.2, -0.15) is 0 Å². The molecule has 0 aliphatic carbocycles. The zero-order valence-electron chi connectivity index (χ0n) is 14.5. The first-order chi connectivity index (χ1) is 13.5. The molecule has 0 aliphatic heterocycles. The monoisotopic (exact) mass is 398 g/mol. The number of halogens is 1. The molecule has 0 spiro atoms. The molecule has 142 valence electrons. The molecule has 7 nitrogen and oxygen atoms in total. The number of nitrogens with zero attached hydrogens (tertiary/aromatic N) is 1. The number of rotatable bonds is 7. The van der Waals surface area contributed by atoms with Gasteiger partial charge < -0.3 is 15.2 Å². The third kappa shape index (κ3) is 4.39. The molecule has 0 unspecified atom stereocenters. The topological polar surface area (TPSA) is 102 Å². The summed E-state index contributed by atoms with van der Waals surface area (Å²) in [6.45, 7) is 0.399. The van der Waals surface area contributed by atoms with Crippen molar-refractivity contribution in [2.75, 3.05) is 5.32 Å². The maximum Gasteiger partial charge on any atom is 0.339 e. The first kappa shape index (κ1) is 19.2.